The van der Waals surface area contributed by atoms with E-state index in [4.69, 9.17) is 4.74 Å². The zero-order chi connectivity index (χ0) is 12.3. The van der Waals surface area contributed by atoms with Crippen LogP contribution in [0.2, 0.25) is 0 Å². The minimum absolute atomic E-state index is 0.0256. The summed E-state index contributed by atoms with van der Waals surface area (Å²) >= 11 is 0. The summed E-state index contributed by atoms with van der Waals surface area (Å²) in [6.07, 6.45) is 11.3. The third-order valence-electron chi connectivity index (χ3n) is 3.85. The van der Waals surface area contributed by atoms with Gasteiger partial charge in [0.1, 0.15) is 5.76 Å². The third-order valence-corrected chi connectivity index (χ3v) is 3.85. The van der Waals surface area contributed by atoms with Gasteiger partial charge in [-0.3, -0.25) is 4.79 Å². The molecule has 0 aromatic heterocycles. The lowest BCUT2D eigenvalue weighted by atomic mass is 9.83. The Labute approximate surface area is 104 Å². The van der Waals surface area contributed by atoms with Gasteiger partial charge in [0.15, 0.2) is 0 Å². The first-order chi connectivity index (χ1) is 8.15. The second kappa shape index (κ2) is 5.52. The highest BCUT2D eigenvalue weighted by molar-refractivity contribution is 5.74. The highest BCUT2D eigenvalue weighted by Crippen LogP contribution is 2.30. The monoisotopic (exact) mass is 234 g/mol. The lowest BCUT2D eigenvalue weighted by Gasteiger charge is -2.25. The Kier molecular flexibility index (Phi) is 4.03. The maximum Gasteiger partial charge on any atom is 0.314 e. The van der Waals surface area contributed by atoms with Gasteiger partial charge in [-0.1, -0.05) is 19.9 Å². The highest BCUT2D eigenvalue weighted by atomic mass is 16.5. The topological polar surface area (TPSA) is 26.3 Å². The average Bonchev–Trinajstić information content (AvgIpc) is 2.33. The van der Waals surface area contributed by atoms with Crippen LogP contribution >= 0.6 is 0 Å². The van der Waals surface area contributed by atoms with Crippen LogP contribution in [-0.2, 0) is 9.53 Å². The summed E-state index contributed by atoms with van der Waals surface area (Å²) in [6.45, 7) is 4.42. The van der Waals surface area contributed by atoms with E-state index in [2.05, 4.69) is 19.9 Å². The molecule has 0 saturated heterocycles. The maximum absolute atomic E-state index is 12.0. The average molecular weight is 234 g/mol. The van der Waals surface area contributed by atoms with Crippen molar-refractivity contribution in [2.24, 2.45) is 17.8 Å². The summed E-state index contributed by atoms with van der Waals surface area (Å²) in [4.78, 5) is 12.0. The van der Waals surface area contributed by atoms with E-state index >= 15 is 0 Å². The van der Waals surface area contributed by atoms with Crippen molar-refractivity contribution in [2.75, 3.05) is 0 Å². The van der Waals surface area contributed by atoms with E-state index in [1.54, 1.807) is 0 Å². The van der Waals surface area contributed by atoms with E-state index in [0.29, 0.717) is 5.92 Å². The Balaban J connectivity index is 1.83. The van der Waals surface area contributed by atoms with Crippen molar-refractivity contribution in [3.63, 3.8) is 0 Å². The normalized spacial score (nSPS) is 33.1. The van der Waals surface area contributed by atoms with Crippen LogP contribution < -0.4 is 0 Å². The molecule has 17 heavy (non-hydrogen) atoms. The number of allylic oxidation sites excluding steroid dienone is 3. The van der Waals surface area contributed by atoms with Crippen LogP contribution in [0.15, 0.2) is 24.0 Å². The fourth-order valence-corrected chi connectivity index (χ4v) is 2.48. The lowest BCUT2D eigenvalue weighted by molar-refractivity contribution is -0.145. The molecule has 1 atom stereocenters. The molecule has 2 aliphatic carbocycles. The van der Waals surface area contributed by atoms with Crippen molar-refractivity contribution in [1.82, 2.24) is 0 Å². The number of esters is 1. The number of carbonyl (C=O) groups is 1. The van der Waals surface area contributed by atoms with Gasteiger partial charge in [-0.15, -0.1) is 0 Å². The molecule has 0 heterocycles. The van der Waals surface area contributed by atoms with Crippen LogP contribution in [0.25, 0.3) is 0 Å². The molecule has 0 aliphatic heterocycles. The van der Waals surface area contributed by atoms with E-state index in [9.17, 15) is 4.79 Å². The standard InChI is InChI=1S/C15H22O2/c1-11-3-7-13(8-4-11)15(16)17-14-9-5-12(2)6-10-14/h5,9-13H,3-4,6-8H2,1-2H3. The Morgan fingerprint density at radius 1 is 1.24 bits per heavy atom. The molecule has 0 bridgehead atoms. The van der Waals surface area contributed by atoms with E-state index < -0.39 is 0 Å². The zero-order valence-corrected chi connectivity index (χ0v) is 10.8. The molecule has 0 amide bonds. The molecule has 2 rings (SSSR count). The first kappa shape index (κ1) is 12.4. The maximum atomic E-state index is 12.0. The Bertz CT molecular complexity index is 333. The quantitative estimate of drug-likeness (QED) is 0.679. The molecule has 2 aliphatic rings. The van der Waals surface area contributed by atoms with Crippen molar-refractivity contribution in [1.29, 1.82) is 0 Å². The molecule has 1 saturated carbocycles. The molecular weight excluding hydrogens is 212 g/mol. The predicted molar refractivity (Wildman–Crippen MR) is 68.2 cm³/mol. The van der Waals surface area contributed by atoms with Gasteiger partial charge in [-0.2, -0.15) is 0 Å². The molecule has 0 aromatic carbocycles. The van der Waals surface area contributed by atoms with Crippen molar-refractivity contribution in [3.05, 3.63) is 24.0 Å². The number of hydrogen-bond donors (Lipinski definition) is 0. The molecule has 0 spiro atoms. The van der Waals surface area contributed by atoms with E-state index in [0.717, 1.165) is 43.8 Å². The minimum Gasteiger partial charge on any atom is -0.427 e. The van der Waals surface area contributed by atoms with Gasteiger partial charge in [0.2, 0.25) is 0 Å². The molecule has 2 nitrogen and oxygen atoms in total. The Hall–Kier alpha value is -1.05. The first-order valence-corrected chi connectivity index (χ1v) is 6.75. The van der Waals surface area contributed by atoms with Crippen LogP contribution in [0.4, 0.5) is 0 Å². The Morgan fingerprint density at radius 3 is 2.53 bits per heavy atom. The molecule has 2 heteroatoms. The molecule has 1 unspecified atom stereocenters. The van der Waals surface area contributed by atoms with Gasteiger partial charge in [0.05, 0.1) is 5.92 Å². The van der Waals surface area contributed by atoms with Gasteiger partial charge in [-0.05, 0) is 56.1 Å². The van der Waals surface area contributed by atoms with Gasteiger partial charge in [-0.25, -0.2) is 0 Å². The smallest absolute Gasteiger partial charge is 0.314 e. The fraction of sp³-hybridized carbons (Fsp3) is 0.667. The van der Waals surface area contributed by atoms with Gasteiger partial charge in [0.25, 0.3) is 0 Å². The van der Waals surface area contributed by atoms with Crippen molar-refractivity contribution >= 4 is 5.97 Å². The van der Waals surface area contributed by atoms with Crippen LogP contribution in [-0.4, -0.2) is 5.97 Å². The predicted octanol–water partition coefficient (Wildman–Crippen LogP) is 3.84. The van der Waals surface area contributed by atoms with Crippen LogP contribution in [0, 0.1) is 17.8 Å². The number of hydrogen-bond acceptors (Lipinski definition) is 2. The molecular formula is C15H22O2. The van der Waals surface area contributed by atoms with Crippen molar-refractivity contribution < 1.29 is 9.53 Å². The van der Waals surface area contributed by atoms with Gasteiger partial charge >= 0.3 is 5.97 Å². The van der Waals surface area contributed by atoms with Gasteiger partial charge < -0.3 is 4.74 Å². The van der Waals surface area contributed by atoms with Crippen LogP contribution in [0.5, 0.6) is 0 Å². The second-order valence-corrected chi connectivity index (χ2v) is 5.56. The summed E-state index contributed by atoms with van der Waals surface area (Å²) in [7, 11) is 0. The summed E-state index contributed by atoms with van der Waals surface area (Å²) in [5.74, 6) is 2.18. The highest BCUT2D eigenvalue weighted by Gasteiger charge is 2.26. The molecule has 0 aromatic rings. The first-order valence-electron chi connectivity index (χ1n) is 6.75. The van der Waals surface area contributed by atoms with Crippen LogP contribution in [0.3, 0.4) is 0 Å². The molecule has 94 valence electrons. The lowest BCUT2D eigenvalue weighted by Crippen LogP contribution is -2.22. The number of rotatable bonds is 2. The summed E-state index contributed by atoms with van der Waals surface area (Å²) in [5.41, 5.74) is 0. The van der Waals surface area contributed by atoms with Gasteiger partial charge in [0, 0.05) is 0 Å². The largest absolute Gasteiger partial charge is 0.427 e. The molecule has 0 radical (unpaired) electrons. The third kappa shape index (κ3) is 3.45. The van der Waals surface area contributed by atoms with Crippen molar-refractivity contribution in [3.8, 4) is 0 Å². The van der Waals surface area contributed by atoms with E-state index in [1.807, 2.05) is 12.2 Å². The minimum atomic E-state index is -0.0256. The summed E-state index contributed by atoms with van der Waals surface area (Å²) in [6, 6.07) is 0. The molecule has 1 fully saturated rings. The van der Waals surface area contributed by atoms with E-state index in [-0.39, 0.29) is 11.9 Å². The second-order valence-electron chi connectivity index (χ2n) is 5.56. The fourth-order valence-electron chi connectivity index (χ4n) is 2.48. The van der Waals surface area contributed by atoms with Crippen molar-refractivity contribution in [2.45, 2.75) is 46.0 Å². The Morgan fingerprint density at radius 2 is 1.94 bits per heavy atom. The summed E-state index contributed by atoms with van der Waals surface area (Å²) < 4.78 is 5.45. The summed E-state index contributed by atoms with van der Waals surface area (Å²) in [5, 5.41) is 0. The number of ether oxygens (including phenoxy) is 1. The molecule has 0 N–H and O–H groups in total. The SMILES string of the molecule is CC1C=CC(OC(=O)C2CCC(C)CC2)=CC1. The van der Waals surface area contributed by atoms with E-state index in [1.165, 1.54) is 0 Å². The van der Waals surface area contributed by atoms with Crippen LogP contribution in [0.1, 0.15) is 46.0 Å². The number of carbonyl (C=O) groups excluding carboxylic acids is 1. The zero-order valence-electron chi connectivity index (χ0n) is 10.8.